The second-order valence-corrected chi connectivity index (χ2v) is 5.30. The number of hydrogen-bond donors (Lipinski definition) is 1. The van der Waals surface area contributed by atoms with Crippen molar-refractivity contribution in [3.8, 4) is 0 Å². The quantitative estimate of drug-likeness (QED) is 0.685. The van der Waals surface area contributed by atoms with Gasteiger partial charge in [0, 0.05) is 35.4 Å². The Morgan fingerprint density at radius 1 is 1.00 bits per heavy atom. The molecule has 0 saturated carbocycles. The lowest BCUT2D eigenvalue weighted by Crippen LogP contribution is -2.08. The number of hydrogen-bond acceptors (Lipinski definition) is 1. The molecule has 3 rings (SSSR count). The zero-order valence-corrected chi connectivity index (χ0v) is 13.3. The summed E-state index contributed by atoms with van der Waals surface area (Å²) >= 11 is 0. The zero-order valence-electron chi connectivity index (χ0n) is 13.3. The Balaban J connectivity index is 0.000000774. The van der Waals surface area contributed by atoms with Gasteiger partial charge in [0.2, 0.25) is 0 Å². The van der Waals surface area contributed by atoms with Crippen LogP contribution in [-0.4, -0.2) is 9.97 Å². The maximum Gasteiger partial charge on any atom is 0.0488 e. The monoisotopic (exact) mass is 280 g/mol. The Labute approximate surface area is 127 Å². The van der Waals surface area contributed by atoms with Gasteiger partial charge in [0.15, 0.2) is 0 Å². The molecule has 21 heavy (non-hydrogen) atoms. The second kappa shape index (κ2) is 7.07. The van der Waals surface area contributed by atoms with Crippen LogP contribution in [0.3, 0.4) is 0 Å². The van der Waals surface area contributed by atoms with E-state index in [0.29, 0.717) is 11.8 Å². The minimum Gasteiger partial charge on any atom is -0.361 e. The third-order valence-electron chi connectivity index (χ3n) is 3.68. The molecule has 1 atom stereocenters. The maximum atomic E-state index is 4.26. The Morgan fingerprint density at radius 3 is 2.38 bits per heavy atom. The average Bonchev–Trinajstić information content (AvgIpc) is 2.94. The van der Waals surface area contributed by atoms with Gasteiger partial charge in [-0.2, -0.15) is 0 Å². The molecule has 0 amide bonds. The smallest absolute Gasteiger partial charge is 0.0488 e. The Bertz CT molecular complexity index is 668. The van der Waals surface area contributed by atoms with Gasteiger partial charge in [0.25, 0.3) is 0 Å². The van der Waals surface area contributed by atoms with E-state index in [0.717, 1.165) is 5.52 Å². The van der Waals surface area contributed by atoms with E-state index in [1.165, 1.54) is 16.5 Å². The standard InChI is InChI=1S/C17H18N2.C2H6/c1-12(2)17(13-6-4-3-5-7-13)15-11-19-16-8-9-18-10-14(15)16;1-2/h3-12,17,19H,1-2H3;1-2H3. The molecule has 0 fully saturated rings. The summed E-state index contributed by atoms with van der Waals surface area (Å²) in [5, 5.41) is 1.23. The molecule has 0 aliphatic rings. The Hall–Kier alpha value is -2.09. The van der Waals surface area contributed by atoms with Gasteiger partial charge in [-0.05, 0) is 23.1 Å². The summed E-state index contributed by atoms with van der Waals surface area (Å²) in [5.74, 6) is 0.945. The molecule has 3 aromatic rings. The first kappa shape index (κ1) is 15.3. The van der Waals surface area contributed by atoms with Crippen LogP contribution >= 0.6 is 0 Å². The van der Waals surface area contributed by atoms with Gasteiger partial charge in [-0.15, -0.1) is 0 Å². The fraction of sp³-hybridized carbons (Fsp3) is 0.316. The van der Waals surface area contributed by atoms with Gasteiger partial charge in [0.1, 0.15) is 0 Å². The number of nitrogens with zero attached hydrogens (tertiary/aromatic N) is 1. The molecule has 2 heteroatoms. The van der Waals surface area contributed by atoms with Crippen molar-refractivity contribution in [2.75, 3.05) is 0 Å². The van der Waals surface area contributed by atoms with Crippen molar-refractivity contribution >= 4 is 10.9 Å². The fourth-order valence-electron chi connectivity index (χ4n) is 2.82. The normalized spacial score (nSPS) is 12.0. The van der Waals surface area contributed by atoms with E-state index in [1.54, 1.807) is 0 Å². The van der Waals surface area contributed by atoms with Crippen LogP contribution in [0.4, 0.5) is 0 Å². The van der Waals surface area contributed by atoms with Crippen LogP contribution < -0.4 is 0 Å². The largest absolute Gasteiger partial charge is 0.361 e. The molecule has 1 aromatic carbocycles. The summed E-state index contributed by atoms with van der Waals surface area (Å²) in [6.45, 7) is 8.54. The van der Waals surface area contributed by atoms with Gasteiger partial charge in [-0.3, -0.25) is 4.98 Å². The molecule has 0 radical (unpaired) electrons. The molecule has 2 aromatic heterocycles. The number of aromatic nitrogens is 2. The highest BCUT2D eigenvalue weighted by Gasteiger charge is 2.21. The lowest BCUT2D eigenvalue weighted by Gasteiger charge is -2.21. The summed E-state index contributed by atoms with van der Waals surface area (Å²) < 4.78 is 0. The van der Waals surface area contributed by atoms with Crippen LogP contribution in [-0.2, 0) is 0 Å². The fourth-order valence-corrected chi connectivity index (χ4v) is 2.82. The highest BCUT2D eigenvalue weighted by molar-refractivity contribution is 5.83. The van der Waals surface area contributed by atoms with Crippen LogP contribution in [0.5, 0.6) is 0 Å². The SMILES string of the molecule is CC.CC(C)C(c1ccccc1)c1c[nH]c2ccncc12. The molecule has 0 saturated heterocycles. The molecule has 2 nitrogen and oxygen atoms in total. The van der Waals surface area contributed by atoms with E-state index in [9.17, 15) is 0 Å². The van der Waals surface area contributed by atoms with Crippen molar-refractivity contribution in [3.63, 3.8) is 0 Å². The molecule has 0 aliphatic carbocycles. The predicted molar refractivity (Wildman–Crippen MR) is 90.6 cm³/mol. The summed E-state index contributed by atoms with van der Waals surface area (Å²) in [7, 11) is 0. The van der Waals surface area contributed by atoms with E-state index in [4.69, 9.17) is 0 Å². The number of fused-ring (bicyclic) bond motifs is 1. The van der Waals surface area contributed by atoms with Gasteiger partial charge < -0.3 is 4.98 Å². The van der Waals surface area contributed by atoms with Crippen molar-refractivity contribution < 1.29 is 0 Å². The van der Waals surface area contributed by atoms with Gasteiger partial charge in [0.05, 0.1) is 0 Å². The van der Waals surface area contributed by atoms with Crippen molar-refractivity contribution in [1.29, 1.82) is 0 Å². The zero-order chi connectivity index (χ0) is 15.2. The first-order valence-corrected chi connectivity index (χ1v) is 7.73. The van der Waals surface area contributed by atoms with E-state index >= 15 is 0 Å². The number of rotatable bonds is 3. The number of H-pyrrole nitrogens is 1. The van der Waals surface area contributed by atoms with Crippen LogP contribution in [0.25, 0.3) is 10.9 Å². The third-order valence-corrected chi connectivity index (χ3v) is 3.68. The van der Waals surface area contributed by atoms with E-state index < -0.39 is 0 Å². The lowest BCUT2D eigenvalue weighted by atomic mass is 9.83. The van der Waals surface area contributed by atoms with Crippen LogP contribution in [0, 0.1) is 5.92 Å². The molecule has 1 N–H and O–H groups in total. The topological polar surface area (TPSA) is 28.7 Å². The molecule has 0 bridgehead atoms. The van der Waals surface area contributed by atoms with Gasteiger partial charge >= 0.3 is 0 Å². The molecule has 0 aliphatic heterocycles. The molecular formula is C19H24N2. The lowest BCUT2D eigenvalue weighted by molar-refractivity contribution is 0.567. The maximum absolute atomic E-state index is 4.26. The average molecular weight is 280 g/mol. The number of pyridine rings is 1. The summed E-state index contributed by atoms with van der Waals surface area (Å²) in [6, 6.07) is 12.7. The minimum absolute atomic E-state index is 0.402. The molecule has 110 valence electrons. The van der Waals surface area contributed by atoms with E-state index in [2.05, 4.69) is 60.3 Å². The van der Waals surface area contributed by atoms with Crippen LogP contribution in [0.15, 0.2) is 55.0 Å². The minimum atomic E-state index is 0.402. The Morgan fingerprint density at radius 2 is 1.71 bits per heavy atom. The van der Waals surface area contributed by atoms with Crippen molar-refractivity contribution in [2.45, 2.75) is 33.6 Å². The summed E-state index contributed by atoms with van der Waals surface area (Å²) in [6.07, 6.45) is 5.92. The van der Waals surface area contributed by atoms with E-state index in [1.807, 2.05) is 32.3 Å². The first-order valence-electron chi connectivity index (χ1n) is 7.73. The van der Waals surface area contributed by atoms with E-state index in [-0.39, 0.29) is 0 Å². The van der Waals surface area contributed by atoms with Crippen molar-refractivity contribution in [1.82, 2.24) is 9.97 Å². The Kier molecular flexibility index (Phi) is 5.15. The first-order chi connectivity index (χ1) is 10.3. The summed E-state index contributed by atoms with van der Waals surface area (Å²) in [5.41, 5.74) is 3.86. The number of benzene rings is 1. The van der Waals surface area contributed by atoms with Crippen LogP contribution in [0.1, 0.15) is 44.7 Å². The molecule has 2 heterocycles. The van der Waals surface area contributed by atoms with Gasteiger partial charge in [-0.1, -0.05) is 58.0 Å². The molecule has 0 spiro atoms. The second-order valence-electron chi connectivity index (χ2n) is 5.30. The predicted octanol–water partition coefficient (Wildman–Crippen LogP) is 5.38. The van der Waals surface area contributed by atoms with Gasteiger partial charge in [-0.25, -0.2) is 0 Å². The number of nitrogens with one attached hydrogen (secondary N) is 1. The number of aromatic amines is 1. The summed E-state index contributed by atoms with van der Waals surface area (Å²) in [4.78, 5) is 7.61. The highest BCUT2D eigenvalue weighted by atomic mass is 14.7. The molecule has 1 unspecified atom stereocenters. The molecular weight excluding hydrogens is 256 g/mol. The third kappa shape index (κ3) is 3.15. The van der Waals surface area contributed by atoms with Crippen LogP contribution in [0.2, 0.25) is 0 Å². The van der Waals surface area contributed by atoms with Crippen molar-refractivity contribution in [3.05, 3.63) is 66.1 Å². The van der Waals surface area contributed by atoms with Crippen molar-refractivity contribution in [2.24, 2.45) is 5.92 Å². The highest BCUT2D eigenvalue weighted by Crippen LogP contribution is 2.35.